The normalized spacial score (nSPS) is 16.4. The highest BCUT2D eigenvalue weighted by molar-refractivity contribution is 5.95. The maximum Gasteiger partial charge on any atom is 0.292 e. The SMILES string of the molecule is O=C(Nc1ccccc1[N+](=O)[O-])C1CCCN(c2ccc(-n3cccn3)nn2)C1. The van der Waals surface area contributed by atoms with Gasteiger partial charge in [-0.1, -0.05) is 12.1 Å². The predicted octanol–water partition coefficient (Wildman–Crippen LogP) is 2.43. The van der Waals surface area contributed by atoms with Crippen molar-refractivity contribution in [2.45, 2.75) is 12.8 Å². The fourth-order valence-corrected chi connectivity index (χ4v) is 3.39. The Hall–Kier alpha value is -3.82. The lowest BCUT2D eigenvalue weighted by molar-refractivity contribution is -0.383. The molecular formula is C19H19N7O3. The number of hydrogen-bond acceptors (Lipinski definition) is 7. The number of rotatable bonds is 5. The van der Waals surface area contributed by atoms with E-state index in [4.69, 9.17) is 0 Å². The van der Waals surface area contributed by atoms with Gasteiger partial charge in [-0.25, -0.2) is 4.68 Å². The zero-order chi connectivity index (χ0) is 20.2. The molecule has 0 saturated carbocycles. The van der Waals surface area contributed by atoms with Crippen LogP contribution in [0.25, 0.3) is 5.82 Å². The van der Waals surface area contributed by atoms with Crippen LogP contribution in [0.1, 0.15) is 12.8 Å². The van der Waals surface area contributed by atoms with Crippen molar-refractivity contribution < 1.29 is 9.72 Å². The molecule has 0 bridgehead atoms. The van der Waals surface area contributed by atoms with E-state index in [1.165, 1.54) is 12.1 Å². The van der Waals surface area contributed by atoms with E-state index in [-0.39, 0.29) is 23.2 Å². The summed E-state index contributed by atoms with van der Waals surface area (Å²) in [6, 6.07) is 11.6. The Balaban J connectivity index is 1.44. The van der Waals surface area contributed by atoms with Crippen LogP contribution in [-0.2, 0) is 4.79 Å². The third kappa shape index (κ3) is 4.05. The molecule has 10 nitrogen and oxygen atoms in total. The Kier molecular flexibility index (Phi) is 5.14. The summed E-state index contributed by atoms with van der Waals surface area (Å²) in [5, 5.41) is 26.4. The first kappa shape index (κ1) is 18.5. The fourth-order valence-electron chi connectivity index (χ4n) is 3.39. The summed E-state index contributed by atoms with van der Waals surface area (Å²) in [7, 11) is 0. The van der Waals surface area contributed by atoms with Gasteiger partial charge in [0.25, 0.3) is 5.69 Å². The lowest BCUT2D eigenvalue weighted by Crippen LogP contribution is -2.41. The van der Waals surface area contributed by atoms with Gasteiger partial charge in [-0.05, 0) is 37.1 Å². The molecular weight excluding hydrogens is 374 g/mol. The van der Waals surface area contributed by atoms with Crippen LogP contribution in [0.2, 0.25) is 0 Å². The van der Waals surface area contributed by atoms with Crippen LogP contribution < -0.4 is 10.2 Å². The van der Waals surface area contributed by atoms with Gasteiger partial charge in [0.1, 0.15) is 5.69 Å². The zero-order valence-corrected chi connectivity index (χ0v) is 15.5. The highest BCUT2D eigenvalue weighted by Gasteiger charge is 2.28. The zero-order valence-electron chi connectivity index (χ0n) is 15.5. The number of anilines is 2. The second-order valence-electron chi connectivity index (χ2n) is 6.75. The van der Waals surface area contributed by atoms with Gasteiger partial charge in [-0.15, -0.1) is 10.2 Å². The molecule has 148 valence electrons. The summed E-state index contributed by atoms with van der Waals surface area (Å²) < 4.78 is 1.62. The van der Waals surface area contributed by atoms with Crippen molar-refractivity contribution in [3.8, 4) is 5.82 Å². The molecule has 1 fully saturated rings. The third-order valence-corrected chi connectivity index (χ3v) is 4.85. The first-order chi connectivity index (χ1) is 14.1. The van der Waals surface area contributed by atoms with Crippen LogP contribution >= 0.6 is 0 Å². The molecule has 4 rings (SSSR count). The van der Waals surface area contributed by atoms with Crippen molar-refractivity contribution in [2.24, 2.45) is 5.92 Å². The topological polar surface area (TPSA) is 119 Å². The number of amides is 1. The van der Waals surface area contributed by atoms with Crippen molar-refractivity contribution in [3.05, 3.63) is 65.0 Å². The van der Waals surface area contributed by atoms with Crippen LogP contribution in [0.3, 0.4) is 0 Å². The lowest BCUT2D eigenvalue weighted by atomic mass is 9.97. The molecule has 1 saturated heterocycles. The number of nitro groups is 1. The van der Waals surface area contributed by atoms with Crippen molar-refractivity contribution in [1.82, 2.24) is 20.0 Å². The number of carbonyl (C=O) groups is 1. The Bertz CT molecular complexity index is 1000. The number of nitrogens with one attached hydrogen (secondary N) is 1. The summed E-state index contributed by atoms with van der Waals surface area (Å²) in [4.78, 5) is 25.4. The second-order valence-corrected chi connectivity index (χ2v) is 6.75. The Morgan fingerprint density at radius 2 is 1.93 bits per heavy atom. The lowest BCUT2D eigenvalue weighted by Gasteiger charge is -2.32. The summed E-state index contributed by atoms with van der Waals surface area (Å²) >= 11 is 0. The molecule has 1 unspecified atom stereocenters. The highest BCUT2D eigenvalue weighted by atomic mass is 16.6. The summed E-state index contributed by atoms with van der Waals surface area (Å²) in [5.74, 6) is 0.770. The van der Waals surface area contributed by atoms with Gasteiger partial charge in [0, 0.05) is 31.5 Å². The van der Waals surface area contributed by atoms with E-state index in [0.29, 0.717) is 24.6 Å². The monoisotopic (exact) mass is 393 g/mol. The molecule has 1 aliphatic heterocycles. The molecule has 1 atom stereocenters. The molecule has 1 amide bonds. The van der Waals surface area contributed by atoms with Gasteiger partial charge in [0.15, 0.2) is 11.6 Å². The first-order valence-corrected chi connectivity index (χ1v) is 9.25. The van der Waals surface area contributed by atoms with E-state index in [1.807, 2.05) is 17.0 Å². The molecule has 0 spiro atoms. The maximum atomic E-state index is 12.7. The minimum atomic E-state index is -0.500. The van der Waals surface area contributed by atoms with Gasteiger partial charge in [-0.2, -0.15) is 5.10 Å². The third-order valence-electron chi connectivity index (χ3n) is 4.85. The molecule has 3 heterocycles. The van der Waals surface area contributed by atoms with E-state index in [1.54, 1.807) is 35.3 Å². The largest absolute Gasteiger partial charge is 0.354 e. The smallest absolute Gasteiger partial charge is 0.292 e. The molecule has 10 heteroatoms. The minimum absolute atomic E-state index is 0.117. The Labute approximate surface area is 166 Å². The van der Waals surface area contributed by atoms with Crippen LogP contribution in [0.5, 0.6) is 0 Å². The van der Waals surface area contributed by atoms with E-state index in [2.05, 4.69) is 20.6 Å². The number of piperidine rings is 1. The highest BCUT2D eigenvalue weighted by Crippen LogP contribution is 2.26. The molecule has 1 N–H and O–H groups in total. The number of para-hydroxylation sites is 2. The van der Waals surface area contributed by atoms with Crippen molar-refractivity contribution >= 4 is 23.1 Å². The van der Waals surface area contributed by atoms with Crippen LogP contribution in [0.15, 0.2) is 54.9 Å². The number of nitrogens with zero attached hydrogens (tertiary/aromatic N) is 6. The maximum absolute atomic E-state index is 12.7. The number of nitro benzene ring substituents is 1. The summed E-state index contributed by atoms with van der Waals surface area (Å²) in [5.41, 5.74) is 0.0941. The molecule has 1 aliphatic rings. The molecule has 29 heavy (non-hydrogen) atoms. The van der Waals surface area contributed by atoms with Gasteiger partial charge in [0.2, 0.25) is 5.91 Å². The average Bonchev–Trinajstić information content (AvgIpc) is 3.29. The number of aromatic nitrogens is 4. The number of benzene rings is 1. The van der Waals surface area contributed by atoms with Crippen LogP contribution in [0.4, 0.5) is 17.2 Å². The van der Waals surface area contributed by atoms with E-state index < -0.39 is 4.92 Å². The van der Waals surface area contributed by atoms with Crippen molar-refractivity contribution in [2.75, 3.05) is 23.3 Å². The number of hydrogen-bond donors (Lipinski definition) is 1. The van der Waals surface area contributed by atoms with Gasteiger partial charge in [-0.3, -0.25) is 14.9 Å². The quantitative estimate of drug-likeness (QED) is 0.522. The minimum Gasteiger partial charge on any atom is -0.354 e. The van der Waals surface area contributed by atoms with E-state index >= 15 is 0 Å². The molecule has 2 aromatic heterocycles. The molecule has 0 aliphatic carbocycles. The fraction of sp³-hybridized carbons (Fsp3) is 0.263. The predicted molar refractivity (Wildman–Crippen MR) is 106 cm³/mol. The van der Waals surface area contributed by atoms with E-state index in [9.17, 15) is 14.9 Å². The van der Waals surface area contributed by atoms with E-state index in [0.717, 1.165) is 13.0 Å². The van der Waals surface area contributed by atoms with Gasteiger partial charge >= 0.3 is 0 Å². The standard InChI is InChI=1S/C19H19N7O3/c27-19(21-15-6-1-2-7-16(15)26(28)29)14-5-3-11-24(13-14)17-8-9-18(23-22-17)25-12-4-10-20-25/h1-2,4,6-10,12,14H,3,5,11,13H2,(H,21,27). The molecule has 0 radical (unpaired) electrons. The summed E-state index contributed by atoms with van der Waals surface area (Å²) in [6.07, 6.45) is 4.98. The van der Waals surface area contributed by atoms with Crippen molar-refractivity contribution in [3.63, 3.8) is 0 Å². The number of carbonyl (C=O) groups excluding carboxylic acids is 1. The van der Waals surface area contributed by atoms with Crippen LogP contribution in [0, 0.1) is 16.0 Å². The van der Waals surface area contributed by atoms with Crippen molar-refractivity contribution in [1.29, 1.82) is 0 Å². The van der Waals surface area contributed by atoms with Crippen LogP contribution in [-0.4, -0.2) is 43.9 Å². The molecule has 3 aromatic rings. The molecule has 1 aromatic carbocycles. The summed E-state index contributed by atoms with van der Waals surface area (Å²) in [6.45, 7) is 1.24. The first-order valence-electron chi connectivity index (χ1n) is 9.25. The van der Waals surface area contributed by atoms with Gasteiger partial charge < -0.3 is 10.2 Å². The average molecular weight is 393 g/mol. The Morgan fingerprint density at radius 3 is 2.66 bits per heavy atom. The second kappa shape index (κ2) is 8.05. The Morgan fingerprint density at radius 1 is 1.14 bits per heavy atom. The van der Waals surface area contributed by atoms with Gasteiger partial charge in [0.05, 0.1) is 10.8 Å².